The molecule has 1 saturated heterocycles. The lowest BCUT2D eigenvalue weighted by atomic mass is 10.1. The van der Waals surface area contributed by atoms with Gasteiger partial charge in [0.2, 0.25) is 5.95 Å². The highest BCUT2D eigenvalue weighted by molar-refractivity contribution is 5.95. The van der Waals surface area contributed by atoms with Gasteiger partial charge in [0.25, 0.3) is 5.91 Å². The number of likely N-dealkylation sites (tertiary alicyclic amines) is 1. The minimum Gasteiger partial charge on any atom is -0.445 e. The first-order valence-corrected chi connectivity index (χ1v) is 14.3. The normalized spacial score (nSPS) is 15.3. The molecule has 11 heteroatoms. The van der Waals surface area contributed by atoms with Crippen molar-refractivity contribution in [1.29, 1.82) is 5.26 Å². The Kier molecular flexibility index (Phi) is 9.26. The Hall–Kier alpha value is -5.24. The first-order valence-electron chi connectivity index (χ1n) is 14.3. The second kappa shape index (κ2) is 13.6. The van der Waals surface area contributed by atoms with Gasteiger partial charge >= 0.3 is 6.09 Å². The fraction of sp³-hybridized carbons (Fsp3) is 0.312. The molecule has 0 aliphatic carbocycles. The van der Waals surface area contributed by atoms with Crippen molar-refractivity contribution in [3.8, 4) is 17.3 Å². The minimum atomic E-state index is -0.521. The number of hydrogen-bond donors (Lipinski definition) is 2. The van der Waals surface area contributed by atoms with Crippen molar-refractivity contribution in [2.75, 3.05) is 18.4 Å². The van der Waals surface area contributed by atoms with E-state index < -0.39 is 6.04 Å². The van der Waals surface area contributed by atoms with E-state index in [1.807, 2.05) is 67.2 Å². The van der Waals surface area contributed by atoms with E-state index in [2.05, 4.69) is 26.8 Å². The number of carbonyl (C=O) groups is 2. The number of aryl methyl sites for hydroxylation is 1. The maximum Gasteiger partial charge on any atom is 0.410 e. The summed E-state index contributed by atoms with van der Waals surface area (Å²) in [4.78, 5) is 36.1. The predicted molar refractivity (Wildman–Crippen MR) is 161 cm³/mol. The van der Waals surface area contributed by atoms with E-state index in [1.165, 1.54) is 0 Å². The molecule has 2 aromatic heterocycles. The zero-order valence-corrected chi connectivity index (χ0v) is 24.2. The largest absolute Gasteiger partial charge is 0.445 e. The molecule has 1 unspecified atom stereocenters. The number of anilines is 2. The number of rotatable bonds is 9. The van der Waals surface area contributed by atoms with Gasteiger partial charge in [0.05, 0.1) is 29.7 Å². The molecule has 3 heterocycles. The Morgan fingerprint density at radius 2 is 1.93 bits per heavy atom. The topological polar surface area (TPSA) is 138 Å². The van der Waals surface area contributed by atoms with Crippen LogP contribution in [-0.2, 0) is 11.3 Å². The molecule has 0 spiro atoms. The average Bonchev–Trinajstić information content (AvgIpc) is 3.52. The summed E-state index contributed by atoms with van der Waals surface area (Å²) >= 11 is 0. The highest BCUT2D eigenvalue weighted by Gasteiger charge is 2.26. The summed E-state index contributed by atoms with van der Waals surface area (Å²) in [5, 5.41) is 19.6. The van der Waals surface area contributed by atoms with Crippen molar-refractivity contribution >= 4 is 23.6 Å². The molecule has 2 amide bonds. The van der Waals surface area contributed by atoms with Gasteiger partial charge in [0, 0.05) is 36.6 Å². The van der Waals surface area contributed by atoms with Crippen LogP contribution in [0.3, 0.4) is 0 Å². The molecule has 2 N–H and O–H groups in total. The van der Waals surface area contributed by atoms with Crippen LogP contribution in [0.1, 0.15) is 53.7 Å². The number of nitriles is 1. The average molecular weight is 579 g/mol. The molecule has 5 rings (SSSR count). The van der Waals surface area contributed by atoms with Crippen molar-refractivity contribution < 1.29 is 14.3 Å². The van der Waals surface area contributed by atoms with Gasteiger partial charge in [-0.25, -0.2) is 14.8 Å². The van der Waals surface area contributed by atoms with Crippen molar-refractivity contribution in [2.24, 2.45) is 0 Å². The van der Waals surface area contributed by atoms with E-state index in [4.69, 9.17) is 15.0 Å². The van der Waals surface area contributed by atoms with Gasteiger partial charge in [-0.05, 0) is 49.4 Å². The summed E-state index contributed by atoms with van der Waals surface area (Å²) in [6.07, 6.45) is 7.33. The van der Waals surface area contributed by atoms with Crippen LogP contribution >= 0.6 is 0 Å². The zero-order valence-electron chi connectivity index (χ0n) is 24.2. The summed E-state index contributed by atoms with van der Waals surface area (Å²) in [5.74, 6) is 0.125. The molecule has 0 bridgehead atoms. The number of ether oxygens (including phenoxy) is 1. The van der Waals surface area contributed by atoms with E-state index in [0.717, 1.165) is 40.9 Å². The first kappa shape index (κ1) is 29.3. The van der Waals surface area contributed by atoms with Crippen LogP contribution in [0.4, 0.5) is 16.4 Å². The smallest absolute Gasteiger partial charge is 0.410 e. The van der Waals surface area contributed by atoms with Crippen LogP contribution in [0.2, 0.25) is 0 Å². The molecule has 0 saturated carbocycles. The summed E-state index contributed by atoms with van der Waals surface area (Å²) in [5.41, 5.74) is 4.61. The van der Waals surface area contributed by atoms with Gasteiger partial charge in [-0.1, -0.05) is 49.4 Å². The Bertz CT molecular complexity index is 1600. The lowest BCUT2D eigenvalue weighted by molar-refractivity contribution is 0.0788. The standard InChI is InChI=1S/C32H34N8O3/c1-3-26(16-33)36-30(41)25-13-11-24(12-14-25)29-22(2)17-34-31(38-29)37-27-18-35-40(19-27)28-10-7-15-39(20-28)32(42)43-21-23-8-5-4-6-9-23/h4-6,8-9,11-14,17-19,26,28H,3,7,10,15,20-21H2,1-2H3,(H,36,41)(H,34,37,38)/t26-,28?/m0/s1. The number of benzene rings is 2. The lowest BCUT2D eigenvalue weighted by Gasteiger charge is -2.32. The summed E-state index contributed by atoms with van der Waals surface area (Å²) in [6, 6.07) is 18.3. The van der Waals surface area contributed by atoms with Gasteiger partial charge in [-0.2, -0.15) is 10.4 Å². The summed E-state index contributed by atoms with van der Waals surface area (Å²) in [7, 11) is 0. The van der Waals surface area contributed by atoms with E-state index in [1.54, 1.807) is 29.4 Å². The van der Waals surface area contributed by atoms with Gasteiger partial charge in [-0.3, -0.25) is 9.48 Å². The minimum absolute atomic E-state index is 0.0274. The van der Waals surface area contributed by atoms with Gasteiger partial charge < -0.3 is 20.3 Å². The Balaban J connectivity index is 1.21. The zero-order chi connectivity index (χ0) is 30.2. The Morgan fingerprint density at radius 1 is 1.14 bits per heavy atom. The second-order valence-corrected chi connectivity index (χ2v) is 10.5. The summed E-state index contributed by atoms with van der Waals surface area (Å²) < 4.78 is 7.40. The van der Waals surface area contributed by atoms with Crippen LogP contribution in [0.5, 0.6) is 0 Å². The van der Waals surface area contributed by atoms with Crippen LogP contribution in [0, 0.1) is 18.3 Å². The van der Waals surface area contributed by atoms with Crippen LogP contribution < -0.4 is 10.6 Å². The van der Waals surface area contributed by atoms with Crippen LogP contribution in [-0.4, -0.2) is 55.8 Å². The molecule has 2 aromatic carbocycles. The number of carbonyl (C=O) groups excluding carboxylic acids is 2. The molecule has 220 valence electrons. The second-order valence-electron chi connectivity index (χ2n) is 10.5. The number of amides is 2. The van der Waals surface area contributed by atoms with Gasteiger partial charge in [-0.15, -0.1) is 0 Å². The van der Waals surface area contributed by atoms with Crippen LogP contribution in [0.15, 0.2) is 73.2 Å². The van der Waals surface area contributed by atoms with Crippen molar-refractivity contribution in [3.63, 3.8) is 0 Å². The quantitative estimate of drug-likeness (QED) is 0.269. The van der Waals surface area contributed by atoms with E-state index in [-0.39, 0.29) is 24.6 Å². The lowest BCUT2D eigenvalue weighted by Crippen LogP contribution is -2.41. The third-order valence-electron chi connectivity index (χ3n) is 7.35. The van der Waals surface area contributed by atoms with Crippen molar-refractivity contribution in [2.45, 2.75) is 51.8 Å². The molecule has 1 fully saturated rings. The van der Waals surface area contributed by atoms with Gasteiger partial charge in [0.1, 0.15) is 12.6 Å². The number of nitrogens with one attached hydrogen (secondary N) is 2. The fourth-order valence-electron chi connectivity index (χ4n) is 4.92. The van der Waals surface area contributed by atoms with E-state index in [0.29, 0.717) is 31.0 Å². The predicted octanol–water partition coefficient (Wildman–Crippen LogP) is 5.40. The molecule has 0 radical (unpaired) electrons. The third-order valence-corrected chi connectivity index (χ3v) is 7.35. The molecule has 43 heavy (non-hydrogen) atoms. The highest BCUT2D eigenvalue weighted by Crippen LogP contribution is 2.26. The van der Waals surface area contributed by atoms with Gasteiger partial charge in [0.15, 0.2) is 0 Å². The number of hydrogen-bond acceptors (Lipinski definition) is 8. The Labute approximate surface area is 250 Å². The number of nitrogens with zero attached hydrogens (tertiary/aromatic N) is 6. The molecule has 11 nitrogen and oxygen atoms in total. The van der Waals surface area contributed by atoms with E-state index in [9.17, 15) is 9.59 Å². The molecule has 2 atom stereocenters. The number of piperidine rings is 1. The van der Waals surface area contributed by atoms with Crippen molar-refractivity contribution in [1.82, 2.24) is 30.0 Å². The van der Waals surface area contributed by atoms with E-state index >= 15 is 0 Å². The first-order chi connectivity index (χ1) is 20.9. The molecular formula is C32H34N8O3. The molecule has 1 aliphatic heterocycles. The van der Waals surface area contributed by atoms with Crippen LogP contribution in [0.25, 0.3) is 11.3 Å². The third kappa shape index (κ3) is 7.35. The maximum atomic E-state index is 12.7. The fourth-order valence-corrected chi connectivity index (χ4v) is 4.92. The molecule has 4 aromatic rings. The SMILES string of the molecule is CC[C@@H](C#N)NC(=O)c1ccc(-c2nc(Nc3cnn(C4CCCN(C(=O)OCc5ccccc5)C4)c3)ncc2C)cc1. The maximum absolute atomic E-state index is 12.7. The highest BCUT2D eigenvalue weighted by atomic mass is 16.6. The summed E-state index contributed by atoms with van der Waals surface area (Å²) in [6.45, 7) is 5.19. The molecule has 1 aliphatic rings. The Morgan fingerprint density at radius 3 is 2.67 bits per heavy atom. The number of aromatic nitrogens is 4. The monoisotopic (exact) mass is 578 g/mol. The van der Waals surface area contributed by atoms with Crippen molar-refractivity contribution in [3.05, 3.63) is 89.9 Å². The molecular weight excluding hydrogens is 544 g/mol.